The highest BCUT2D eigenvalue weighted by molar-refractivity contribution is 7.89. The van der Waals surface area contributed by atoms with E-state index in [0.29, 0.717) is 18.0 Å². The number of benzene rings is 2. The van der Waals surface area contributed by atoms with Crippen molar-refractivity contribution < 1.29 is 17.6 Å². The van der Waals surface area contributed by atoms with Crippen molar-refractivity contribution in [2.24, 2.45) is 0 Å². The molecule has 1 fully saturated rings. The third-order valence-electron chi connectivity index (χ3n) is 5.18. The van der Waals surface area contributed by atoms with Crippen LogP contribution in [0.15, 0.2) is 64.9 Å². The molecule has 5 nitrogen and oxygen atoms in total. The molecule has 1 aromatic heterocycles. The van der Waals surface area contributed by atoms with E-state index in [1.165, 1.54) is 33.8 Å². The number of sulfonamides is 1. The Morgan fingerprint density at radius 3 is 2.37 bits per heavy atom. The summed E-state index contributed by atoms with van der Waals surface area (Å²) >= 11 is 1.39. The van der Waals surface area contributed by atoms with Gasteiger partial charge in [0.15, 0.2) is 0 Å². The van der Waals surface area contributed by atoms with E-state index in [4.69, 9.17) is 0 Å². The van der Waals surface area contributed by atoms with Crippen molar-refractivity contribution in [3.63, 3.8) is 0 Å². The van der Waals surface area contributed by atoms with Crippen LogP contribution in [0.2, 0.25) is 0 Å². The molecule has 0 atom stereocenters. The minimum atomic E-state index is -3.78. The van der Waals surface area contributed by atoms with Gasteiger partial charge in [-0.2, -0.15) is 4.31 Å². The summed E-state index contributed by atoms with van der Waals surface area (Å²) in [6, 6.07) is 15.0. The molecule has 156 valence electrons. The predicted molar refractivity (Wildman–Crippen MR) is 116 cm³/mol. The van der Waals surface area contributed by atoms with Crippen molar-refractivity contribution in [3.05, 3.63) is 76.2 Å². The van der Waals surface area contributed by atoms with Gasteiger partial charge in [-0.05, 0) is 42.1 Å². The van der Waals surface area contributed by atoms with Gasteiger partial charge in [0.25, 0.3) is 5.91 Å². The molecule has 30 heavy (non-hydrogen) atoms. The number of carbonyl (C=O) groups is 1. The minimum absolute atomic E-state index is 0.0674. The van der Waals surface area contributed by atoms with Crippen molar-refractivity contribution in [3.8, 4) is 11.1 Å². The molecule has 0 bridgehead atoms. The molecular formula is C22H21FN2O3S2. The molecule has 0 N–H and O–H groups in total. The molecule has 4 rings (SSSR count). The molecule has 1 aliphatic rings. The standard InChI is InChI=1S/C22H21FN2O3S2/c1-16-5-7-17(8-6-16)20-9-14-29-21(20)22(26)24-10-12-25(13-11-24)30(27,28)19-4-2-3-18(23)15-19/h2-9,14-15H,10-13H2,1H3. The van der Waals surface area contributed by atoms with Crippen molar-refractivity contribution in [1.29, 1.82) is 0 Å². The second-order valence-electron chi connectivity index (χ2n) is 7.18. The van der Waals surface area contributed by atoms with Crippen LogP contribution in [-0.4, -0.2) is 49.7 Å². The van der Waals surface area contributed by atoms with Gasteiger partial charge in [-0.25, -0.2) is 12.8 Å². The fourth-order valence-electron chi connectivity index (χ4n) is 3.49. The molecule has 0 spiro atoms. The Morgan fingerprint density at radius 1 is 1.00 bits per heavy atom. The summed E-state index contributed by atoms with van der Waals surface area (Å²) in [5, 5.41) is 1.90. The van der Waals surface area contributed by atoms with Crippen molar-refractivity contribution in [2.75, 3.05) is 26.2 Å². The third kappa shape index (κ3) is 4.03. The topological polar surface area (TPSA) is 57.7 Å². The molecular weight excluding hydrogens is 423 g/mol. The lowest BCUT2D eigenvalue weighted by Gasteiger charge is -2.34. The molecule has 2 heterocycles. The SMILES string of the molecule is Cc1ccc(-c2ccsc2C(=O)N2CCN(S(=O)(=O)c3cccc(F)c3)CC2)cc1. The molecule has 1 aliphatic heterocycles. The number of nitrogens with zero attached hydrogens (tertiary/aromatic N) is 2. The number of piperazine rings is 1. The van der Waals surface area contributed by atoms with Crippen molar-refractivity contribution in [2.45, 2.75) is 11.8 Å². The largest absolute Gasteiger partial charge is 0.335 e. The molecule has 0 aliphatic carbocycles. The first-order valence-corrected chi connectivity index (χ1v) is 11.9. The number of carbonyl (C=O) groups excluding carboxylic acids is 1. The minimum Gasteiger partial charge on any atom is -0.335 e. The highest BCUT2D eigenvalue weighted by atomic mass is 32.2. The van der Waals surface area contributed by atoms with Gasteiger partial charge in [0, 0.05) is 31.7 Å². The Hall–Kier alpha value is -2.55. The zero-order chi connectivity index (χ0) is 21.3. The molecule has 0 saturated carbocycles. The molecule has 1 amide bonds. The van der Waals surface area contributed by atoms with E-state index in [2.05, 4.69) is 0 Å². The Kier molecular flexibility index (Phi) is 5.73. The lowest BCUT2D eigenvalue weighted by molar-refractivity contribution is 0.0703. The molecule has 8 heteroatoms. The summed E-state index contributed by atoms with van der Waals surface area (Å²) in [5.41, 5.74) is 3.02. The van der Waals surface area contributed by atoms with Crippen molar-refractivity contribution >= 4 is 27.3 Å². The smallest absolute Gasteiger partial charge is 0.264 e. The number of rotatable bonds is 4. The van der Waals surface area contributed by atoms with Crippen LogP contribution < -0.4 is 0 Å². The summed E-state index contributed by atoms with van der Waals surface area (Å²) in [6.45, 7) is 2.95. The van der Waals surface area contributed by atoms with E-state index in [1.54, 1.807) is 4.90 Å². The summed E-state index contributed by atoms with van der Waals surface area (Å²) in [7, 11) is -3.78. The Bertz CT molecular complexity index is 1170. The van der Waals surface area contributed by atoms with Gasteiger partial charge in [0.05, 0.1) is 9.77 Å². The van der Waals surface area contributed by atoms with E-state index in [9.17, 15) is 17.6 Å². The van der Waals surface area contributed by atoms with Gasteiger partial charge in [-0.3, -0.25) is 4.79 Å². The molecule has 1 saturated heterocycles. The second kappa shape index (κ2) is 8.29. The van der Waals surface area contributed by atoms with Crippen LogP contribution in [-0.2, 0) is 10.0 Å². The number of amides is 1. The zero-order valence-electron chi connectivity index (χ0n) is 16.4. The van der Waals surface area contributed by atoms with Crippen LogP contribution >= 0.6 is 11.3 Å². The quantitative estimate of drug-likeness (QED) is 0.611. The van der Waals surface area contributed by atoms with E-state index in [1.807, 2.05) is 42.6 Å². The average molecular weight is 445 g/mol. The average Bonchev–Trinajstić information content (AvgIpc) is 3.24. The monoisotopic (exact) mass is 444 g/mol. The van der Waals surface area contributed by atoms with E-state index < -0.39 is 15.8 Å². The van der Waals surface area contributed by atoms with Gasteiger partial charge in [0.1, 0.15) is 5.82 Å². The number of thiophene rings is 1. The van der Waals surface area contributed by atoms with Gasteiger partial charge in [-0.15, -0.1) is 11.3 Å². The molecule has 0 radical (unpaired) electrons. The zero-order valence-corrected chi connectivity index (χ0v) is 18.0. The lowest BCUT2D eigenvalue weighted by Crippen LogP contribution is -2.50. The number of hydrogen-bond acceptors (Lipinski definition) is 4. The number of aryl methyl sites for hydroxylation is 1. The van der Waals surface area contributed by atoms with E-state index in [-0.39, 0.29) is 23.9 Å². The summed E-state index contributed by atoms with van der Waals surface area (Å²) in [5.74, 6) is -0.686. The highest BCUT2D eigenvalue weighted by Gasteiger charge is 2.31. The van der Waals surface area contributed by atoms with Crippen LogP contribution in [0.4, 0.5) is 4.39 Å². The van der Waals surface area contributed by atoms with Gasteiger partial charge >= 0.3 is 0 Å². The maximum Gasteiger partial charge on any atom is 0.264 e. The first-order valence-electron chi connectivity index (χ1n) is 9.56. The molecule has 0 unspecified atom stereocenters. The number of halogens is 1. The van der Waals surface area contributed by atoms with Crippen LogP contribution in [0.1, 0.15) is 15.2 Å². The van der Waals surface area contributed by atoms with E-state index >= 15 is 0 Å². The van der Waals surface area contributed by atoms with Gasteiger partial charge in [-0.1, -0.05) is 35.9 Å². The summed E-state index contributed by atoms with van der Waals surface area (Å²) < 4.78 is 40.3. The molecule has 3 aromatic rings. The first kappa shape index (κ1) is 20.7. The Labute approximate surface area is 179 Å². The maximum absolute atomic E-state index is 13.5. The predicted octanol–water partition coefficient (Wildman–Crippen LogP) is 4.01. The van der Waals surface area contributed by atoms with E-state index in [0.717, 1.165) is 22.8 Å². The van der Waals surface area contributed by atoms with Crippen molar-refractivity contribution in [1.82, 2.24) is 9.21 Å². The number of hydrogen-bond donors (Lipinski definition) is 0. The highest BCUT2D eigenvalue weighted by Crippen LogP contribution is 2.30. The Balaban J connectivity index is 1.48. The Morgan fingerprint density at radius 2 is 1.70 bits per heavy atom. The van der Waals surface area contributed by atoms with Crippen LogP contribution in [0.5, 0.6) is 0 Å². The molecule has 2 aromatic carbocycles. The van der Waals surface area contributed by atoms with Gasteiger partial charge < -0.3 is 4.90 Å². The second-order valence-corrected chi connectivity index (χ2v) is 10.0. The lowest BCUT2D eigenvalue weighted by atomic mass is 10.0. The fourth-order valence-corrected chi connectivity index (χ4v) is 5.82. The van der Waals surface area contributed by atoms with Gasteiger partial charge in [0.2, 0.25) is 10.0 Å². The maximum atomic E-state index is 13.5. The van der Waals surface area contributed by atoms with Crippen LogP contribution in [0, 0.1) is 12.7 Å². The summed E-state index contributed by atoms with van der Waals surface area (Å²) in [4.78, 5) is 15.4. The fraction of sp³-hybridized carbons (Fsp3) is 0.227. The first-order chi connectivity index (χ1) is 14.4. The third-order valence-corrected chi connectivity index (χ3v) is 7.98. The van der Waals surface area contributed by atoms with Crippen LogP contribution in [0.3, 0.4) is 0 Å². The normalized spacial score (nSPS) is 15.3. The van der Waals surface area contributed by atoms with Crippen LogP contribution in [0.25, 0.3) is 11.1 Å². The summed E-state index contributed by atoms with van der Waals surface area (Å²) in [6.07, 6.45) is 0.